The molecule has 0 aromatic heterocycles. The number of hydrogen-bond acceptors (Lipinski definition) is 3. The molecule has 1 aliphatic heterocycles. The molecule has 0 saturated carbocycles. The van der Waals surface area contributed by atoms with Crippen LogP contribution in [0.25, 0.3) is 0 Å². The Balaban J connectivity index is 2.30. The fourth-order valence-corrected chi connectivity index (χ4v) is 2.64. The van der Waals surface area contributed by atoms with E-state index in [0.29, 0.717) is 17.8 Å². The van der Waals surface area contributed by atoms with Gasteiger partial charge in [-0.25, -0.2) is 0 Å². The van der Waals surface area contributed by atoms with Gasteiger partial charge in [-0.3, -0.25) is 4.79 Å². The Labute approximate surface area is 114 Å². The Bertz CT molecular complexity index is 485. The van der Waals surface area contributed by atoms with Gasteiger partial charge in [0.05, 0.1) is 18.2 Å². The van der Waals surface area contributed by atoms with E-state index >= 15 is 0 Å². The summed E-state index contributed by atoms with van der Waals surface area (Å²) in [5, 5.41) is 9.40. The third kappa shape index (κ3) is 2.73. The number of aliphatic hydroxyl groups is 1. The molecule has 1 heterocycles. The van der Waals surface area contributed by atoms with E-state index < -0.39 is 0 Å². The van der Waals surface area contributed by atoms with Gasteiger partial charge in [0.2, 0.25) is 0 Å². The Morgan fingerprint density at radius 2 is 2.05 bits per heavy atom. The lowest BCUT2D eigenvalue weighted by molar-refractivity contribution is 0.0504. The van der Waals surface area contributed by atoms with Crippen LogP contribution in [-0.4, -0.2) is 35.1 Å². The number of nitrogen functional groups attached to an aromatic ring is 1. The van der Waals surface area contributed by atoms with E-state index in [9.17, 15) is 9.90 Å². The summed E-state index contributed by atoms with van der Waals surface area (Å²) in [6, 6.07) is 3.64. The standard InChI is InChI=1S/C15H22N2O2/c1-10-7-13(14(16)8-11(10)2)15(19)17-6-4-3-5-12(17)9-18/h7-8,12,18H,3-6,9,16H2,1-2H3/t12-/m0/s1. The largest absolute Gasteiger partial charge is 0.398 e. The number of carbonyl (C=O) groups is 1. The molecule has 1 aliphatic rings. The van der Waals surface area contributed by atoms with Gasteiger partial charge in [0.25, 0.3) is 5.91 Å². The summed E-state index contributed by atoms with van der Waals surface area (Å²) >= 11 is 0. The topological polar surface area (TPSA) is 66.6 Å². The van der Waals surface area contributed by atoms with Gasteiger partial charge in [-0.2, -0.15) is 0 Å². The first kappa shape index (κ1) is 13.9. The third-order valence-electron chi connectivity index (χ3n) is 4.00. The lowest BCUT2D eigenvalue weighted by Gasteiger charge is -2.35. The second-order valence-corrected chi connectivity index (χ2v) is 5.35. The van der Waals surface area contributed by atoms with Crippen molar-refractivity contribution in [1.29, 1.82) is 0 Å². The number of aliphatic hydroxyl groups excluding tert-OH is 1. The first-order valence-corrected chi connectivity index (χ1v) is 6.83. The smallest absolute Gasteiger partial charge is 0.256 e. The number of anilines is 1. The van der Waals surface area contributed by atoms with E-state index in [4.69, 9.17) is 5.73 Å². The first-order valence-electron chi connectivity index (χ1n) is 6.83. The van der Waals surface area contributed by atoms with Crippen LogP contribution in [-0.2, 0) is 0 Å². The summed E-state index contributed by atoms with van der Waals surface area (Å²) in [4.78, 5) is 14.4. The predicted octanol–water partition coefficient (Wildman–Crippen LogP) is 1.87. The van der Waals surface area contributed by atoms with Gasteiger partial charge in [0, 0.05) is 12.2 Å². The number of likely N-dealkylation sites (tertiary alicyclic amines) is 1. The average Bonchev–Trinajstić information content (AvgIpc) is 2.42. The summed E-state index contributed by atoms with van der Waals surface area (Å²) in [7, 11) is 0. The van der Waals surface area contributed by atoms with E-state index in [1.807, 2.05) is 26.0 Å². The molecule has 2 rings (SSSR count). The van der Waals surface area contributed by atoms with E-state index in [1.165, 1.54) is 0 Å². The zero-order valence-corrected chi connectivity index (χ0v) is 11.6. The highest BCUT2D eigenvalue weighted by molar-refractivity contribution is 5.99. The summed E-state index contributed by atoms with van der Waals surface area (Å²) in [6.07, 6.45) is 2.93. The van der Waals surface area contributed by atoms with Gasteiger partial charge in [0.15, 0.2) is 0 Å². The van der Waals surface area contributed by atoms with E-state index in [0.717, 1.165) is 30.4 Å². The van der Waals surface area contributed by atoms with Crippen molar-refractivity contribution in [2.45, 2.75) is 39.2 Å². The number of aryl methyl sites for hydroxylation is 2. The molecular formula is C15H22N2O2. The summed E-state index contributed by atoms with van der Waals surface area (Å²) in [6.45, 7) is 4.69. The van der Waals surface area contributed by atoms with Crippen LogP contribution in [0.1, 0.15) is 40.7 Å². The number of rotatable bonds is 2. The maximum Gasteiger partial charge on any atom is 0.256 e. The molecule has 4 nitrogen and oxygen atoms in total. The molecule has 1 fully saturated rings. The Morgan fingerprint density at radius 1 is 1.37 bits per heavy atom. The molecular weight excluding hydrogens is 240 g/mol. The van der Waals surface area contributed by atoms with Crippen molar-refractivity contribution in [1.82, 2.24) is 4.90 Å². The van der Waals surface area contributed by atoms with Crippen LogP contribution in [0.5, 0.6) is 0 Å². The Kier molecular flexibility index (Phi) is 4.10. The number of nitrogens with zero attached hydrogens (tertiary/aromatic N) is 1. The number of benzene rings is 1. The molecule has 1 aromatic carbocycles. The average molecular weight is 262 g/mol. The van der Waals surface area contributed by atoms with E-state index in [1.54, 1.807) is 4.90 Å². The quantitative estimate of drug-likeness (QED) is 0.800. The predicted molar refractivity (Wildman–Crippen MR) is 76.1 cm³/mol. The zero-order valence-electron chi connectivity index (χ0n) is 11.6. The Morgan fingerprint density at radius 3 is 2.74 bits per heavy atom. The van der Waals surface area contributed by atoms with Gasteiger partial charge in [-0.1, -0.05) is 0 Å². The lowest BCUT2D eigenvalue weighted by atomic mass is 9.99. The highest BCUT2D eigenvalue weighted by Crippen LogP contribution is 2.24. The van der Waals surface area contributed by atoms with Crippen LogP contribution in [0.3, 0.4) is 0 Å². The molecule has 1 atom stereocenters. The number of hydrogen-bond donors (Lipinski definition) is 2. The van der Waals surface area contributed by atoms with E-state index in [2.05, 4.69) is 0 Å². The van der Waals surface area contributed by atoms with Crippen molar-refractivity contribution in [3.8, 4) is 0 Å². The van der Waals surface area contributed by atoms with Crippen molar-refractivity contribution in [3.63, 3.8) is 0 Å². The van der Waals surface area contributed by atoms with Gasteiger partial charge in [-0.15, -0.1) is 0 Å². The highest BCUT2D eigenvalue weighted by atomic mass is 16.3. The maximum atomic E-state index is 12.6. The fraction of sp³-hybridized carbons (Fsp3) is 0.533. The molecule has 0 bridgehead atoms. The van der Waals surface area contributed by atoms with Crippen molar-refractivity contribution in [3.05, 3.63) is 28.8 Å². The monoisotopic (exact) mass is 262 g/mol. The summed E-state index contributed by atoms with van der Waals surface area (Å²) < 4.78 is 0. The normalized spacial score (nSPS) is 19.5. The number of nitrogens with two attached hydrogens (primary N) is 1. The number of amides is 1. The van der Waals surface area contributed by atoms with Crippen LogP contribution in [0.15, 0.2) is 12.1 Å². The zero-order chi connectivity index (χ0) is 14.0. The third-order valence-corrected chi connectivity index (χ3v) is 4.00. The summed E-state index contributed by atoms with van der Waals surface area (Å²) in [5.74, 6) is -0.0562. The minimum absolute atomic E-state index is 0.0243. The lowest BCUT2D eigenvalue weighted by Crippen LogP contribution is -2.45. The van der Waals surface area contributed by atoms with Crippen LogP contribution < -0.4 is 5.73 Å². The second kappa shape index (κ2) is 5.61. The molecule has 4 heteroatoms. The first-order chi connectivity index (χ1) is 9.04. The van der Waals surface area contributed by atoms with Crippen molar-refractivity contribution < 1.29 is 9.90 Å². The van der Waals surface area contributed by atoms with Crippen LogP contribution >= 0.6 is 0 Å². The molecule has 1 aromatic rings. The van der Waals surface area contributed by atoms with Crippen LogP contribution in [0.2, 0.25) is 0 Å². The molecule has 0 unspecified atom stereocenters. The minimum atomic E-state index is -0.0674. The van der Waals surface area contributed by atoms with E-state index in [-0.39, 0.29) is 18.6 Å². The second-order valence-electron chi connectivity index (χ2n) is 5.35. The van der Waals surface area contributed by atoms with Crippen LogP contribution in [0, 0.1) is 13.8 Å². The molecule has 0 radical (unpaired) electrons. The number of piperidine rings is 1. The molecule has 1 amide bonds. The number of carbonyl (C=O) groups excluding carboxylic acids is 1. The fourth-order valence-electron chi connectivity index (χ4n) is 2.64. The minimum Gasteiger partial charge on any atom is -0.398 e. The Hall–Kier alpha value is -1.55. The van der Waals surface area contributed by atoms with Crippen molar-refractivity contribution in [2.24, 2.45) is 0 Å². The SMILES string of the molecule is Cc1cc(N)c(C(=O)N2CCCC[C@H]2CO)cc1C. The van der Waals surface area contributed by atoms with Gasteiger partial charge in [0.1, 0.15) is 0 Å². The van der Waals surface area contributed by atoms with Gasteiger partial charge >= 0.3 is 0 Å². The molecule has 0 spiro atoms. The van der Waals surface area contributed by atoms with Crippen LogP contribution in [0.4, 0.5) is 5.69 Å². The highest BCUT2D eigenvalue weighted by Gasteiger charge is 2.28. The molecule has 0 aliphatic carbocycles. The van der Waals surface area contributed by atoms with Crippen molar-refractivity contribution >= 4 is 11.6 Å². The van der Waals surface area contributed by atoms with Gasteiger partial charge < -0.3 is 15.7 Å². The maximum absolute atomic E-state index is 12.6. The molecule has 19 heavy (non-hydrogen) atoms. The molecule has 104 valence electrons. The summed E-state index contributed by atoms with van der Waals surface area (Å²) in [5.41, 5.74) is 9.21. The molecule has 1 saturated heterocycles. The van der Waals surface area contributed by atoms with Gasteiger partial charge in [-0.05, 0) is 56.4 Å². The molecule has 3 N–H and O–H groups in total. The van der Waals surface area contributed by atoms with Crippen molar-refractivity contribution in [2.75, 3.05) is 18.9 Å².